The molecule has 4 aromatic rings. The summed E-state index contributed by atoms with van der Waals surface area (Å²) in [7, 11) is 0. The molecule has 4 rings (SSSR count). The zero-order chi connectivity index (χ0) is 15.5. The van der Waals surface area contributed by atoms with Crippen molar-refractivity contribution in [2.45, 2.75) is 10.9 Å². The molecule has 3 heterocycles. The van der Waals surface area contributed by atoms with E-state index in [9.17, 15) is 0 Å². The molecule has 0 saturated carbocycles. The molecule has 7 heteroatoms. The highest BCUT2D eigenvalue weighted by atomic mass is 32.2. The van der Waals surface area contributed by atoms with Crippen molar-refractivity contribution in [2.24, 2.45) is 0 Å². The molecule has 0 radical (unpaired) electrons. The highest BCUT2D eigenvalue weighted by Crippen LogP contribution is 2.24. The molecule has 0 saturated heterocycles. The number of benzene rings is 1. The monoisotopic (exact) mass is 324 g/mol. The number of nitrogens with zero attached hydrogens (tertiary/aromatic N) is 4. The van der Waals surface area contributed by atoms with Gasteiger partial charge in [0.2, 0.25) is 11.7 Å². The first kappa shape index (κ1) is 13.8. The third kappa shape index (κ3) is 2.91. The Morgan fingerprint density at radius 2 is 2.00 bits per heavy atom. The van der Waals surface area contributed by atoms with Gasteiger partial charge in [-0.2, -0.15) is 4.98 Å². The van der Waals surface area contributed by atoms with Crippen LogP contribution >= 0.6 is 11.8 Å². The van der Waals surface area contributed by atoms with Gasteiger partial charge in [-0.25, -0.2) is 4.98 Å². The molecular weight excluding hydrogens is 312 g/mol. The van der Waals surface area contributed by atoms with Crippen LogP contribution < -0.4 is 0 Å². The van der Waals surface area contributed by atoms with Gasteiger partial charge in [-0.3, -0.25) is 4.57 Å². The van der Waals surface area contributed by atoms with Crippen LogP contribution in [0.5, 0.6) is 0 Å². The van der Waals surface area contributed by atoms with Gasteiger partial charge in [-0.05, 0) is 24.3 Å². The van der Waals surface area contributed by atoms with Crippen LogP contribution in [0.25, 0.3) is 17.3 Å². The lowest BCUT2D eigenvalue weighted by Gasteiger charge is -2.05. The number of hydrogen-bond donors (Lipinski definition) is 0. The van der Waals surface area contributed by atoms with E-state index in [2.05, 4.69) is 15.1 Å². The molecule has 0 fully saturated rings. The van der Waals surface area contributed by atoms with E-state index in [-0.39, 0.29) is 0 Å². The normalized spacial score (nSPS) is 11.0. The Morgan fingerprint density at radius 3 is 2.83 bits per heavy atom. The molecule has 0 atom stereocenters. The lowest BCUT2D eigenvalue weighted by Crippen LogP contribution is -1.94. The number of furan rings is 1. The van der Waals surface area contributed by atoms with Crippen LogP contribution in [0.2, 0.25) is 0 Å². The molecule has 0 N–H and O–H groups in total. The second kappa shape index (κ2) is 6.13. The van der Waals surface area contributed by atoms with Gasteiger partial charge in [0.25, 0.3) is 0 Å². The number of hydrogen-bond acceptors (Lipinski definition) is 6. The Balaban J connectivity index is 1.49. The van der Waals surface area contributed by atoms with Crippen LogP contribution in [0.3, 0.4) is 0 Å². The summed E-state index contributed by atoms with van der Waals surface area (Å²) in [4.78, 5) is 8.71. The molecule has 23 heavy (non-hydrogen) atoms. The predicted molar refractivity (Wildman–Crippen MR) is 85.1 cm³/mol. The van der Waals surface area contributed by atoms with E-state index in [1.165, 1.54) is 11.8 Å². The van der Waals surface area contributed by atoms with Crippen molar-refractivity contribution in [3.05, 3.63) is 67.0 Å². The van der Waals surface area contributed by atoms with E-state index in [0.717, 1.165) is 10.8 Å². The van der Waals surface area contributed by atoms with Gasteiger partial charge in [-0.15, -0.1) is 0 Å². The quantitative estimate of drug-likeness (QED) is 0.520. The Morgan fingerprint density at radius 1 is 1.09 bits per heavy atom. The van der Waals surface area contributed by atoms with E-state index in [1.54, 1.807) is 24.6 Å². The highest BCUT2D eigenvalue weighted by molar-refractivity contribution is 7.98. The molecule has 114 valence electrons. The summed E-state index contributed by atoms with van der Waals surface area (Å²) in [5, 5.41) is 4.79. The third-order valence-corrected chi connectivity index (χ3v) is 4.13. The van der Waals surface area contributed by atoms with Crippen molar-refractivity contribution in [2.75, 3.05) is 0 Å². The fraction of sp³-hybridized carbons (Fsp3) is 0.0625. The Kier molecular flexibility index (Phi) is 3.69. The first-order valence-corrected chi connectivity index (χ1v) is 7.97. The lowest BCUT2D eigenvalue weighted by atomic mass is 10.3. The number of thioether (sulfide) groups is 1. The SMILES string of the molecule is c1ccc(-n2ccnc2SCc2nc(-c3ccco3)no2)cc1. The van der Waals surface area contributed by atoms with E-state index in [1.807, 2.05) is 41.1 Å². The average molecular weight is 324 g/mol. The van der Waals surface area contributed by atoms with E-state index < -0.39 is 0 Å². The van der Waals surface area contributed by atoms with Crippen molar-refractivity contribution >= 4 is 11.8 Å². The maximum Gasteiger partial charge on any atom is 0.238 e. The molecule has 0 aliphatic heterocycles. The van der Waals surface area contributed by atoms with E-state index in [4.69, 9.17) is 8.94 Å². The predicted octanol–water partition coefficient (Wildman–Crippen LogP) is 3.81. The summed E-state index contributed by atoms with van der Waals surface area (Å²) in [6.45, 7) is 0. The highest BCUT2D eigenvalue weighted by Gasteiger charge is 2.13. The minimum atomic E-state index is 0.456. The Bertz CT molecular complexity index is 884. The van der Waals surface area contributed by atoms with E-state index >= 15 is 0 Å². The zero-order valence-electron chi connectivity index (χ0n) is 12.0. The zero-order valence-corrected chi connectivity index (χ0v) is 12.8. The van der Waals surface area contributed by atoms with Gasteiger partial charge >= 0.3 is 0 Å². The van der Waals surface area contributed by atoms with Crippen LogP contribution in [-0.4, -0.2) is 19.7 Å². The van der Waals surface area contributed by atoms with Crippen LogP contribution in [0.1, 0.15) is 5.89 Å². The molecule has 3 aromatic heterocycles. The van der Waals surface area contributed by atoms with Gasteiger partial charge in [0.1, 0.15) is 0 Å². The molecule has 0 bridgehead atoms. The van der Waals surface area contributed by atoms with Gasteiger partial charge < -0.3 is 8.94 Å². The van der Waals surface area contributed by atoms with Crippen molar-refractivity contribution in [1.82, 2.24) is 19.7 Å². The summed E-state index contributed by atoms with van der Waals surface area (Å²) < 4.78 is 12.5. The second-order valence-corrected chi connectivity index (χ2v) is 5.64. The minimum Gasteiger partial charge on any atom is -0.461 e. The van der Waals surface area contributed by atoms with Gasteiger partial charge in [0, 0.05) is 18.1 Å². The van der Waals surface area contributed by atoms with Gasteiger partial charge in [-0.1, -0.05) is 35.1 Å². The lowest BCUT2D eigenvalue weighted by molar-refractivity contribution is 0.390. The van der Waals surface area contributed by atoms with Crippen LogP contribution in [-0.2, 0) is 5.75 Å². The fourth-order valence-corrected chi connectivity index (χ4v) is 2.94. The molecule has 1 aromatic carbocycles. The summed E-state index contributed by atoms with van der Waals surface area (Å²) in [5.41, 5.74) is 1.06. The summed E-state index contributed by atoms with van der Waals surface area (Å²) in [6.07, 6.45) is 5.29. The van der Waals surface area contributed by atoms with Crippen LogP contribution in [0.15, 0.2) is 75.2 Å². The van der Waals surface area contributed by atoms with Gasteiger partial charge in [0.05, 0.1) is 12.0 Å². The number of imidazole rings is 1. The maximum absolute atomic E-state index is 5.25. The minimum absolute atomic E-state index is 0.456. The number of aromatic nitrogens is 4. The first-order chi connectivity index (χ1) is 11.4. The largest absolute Gasteiger partial charge is 0.461 e. The standard InChI is InChI=1S/C16H12N4O2S/c1-2-5-12(6-3-1)20-9-8-17-16(20)23-11-14-18-15(19-22-14)13-7-4-10-21-13/h1-10H,11H2. The molecule has 6 nitrogen and oxygen atoms in total. The van der Waals surface area contributed by atoms with E-state index in [0.29, 0.717) is 23.2 Å². The van der Waals surface area contributed by atoms with Crippen LogP contribution in [0.4, 0.5) is 0 Å². The number of rotatable bonds is 5. The molecular formula is C16H12N4O2S. The summed E-state index contributed by atoms with van der Waals surface area (Å²) in [6, 6.07) is 13.6. The average Bonchev–Trinajstić information content (AvgIpc) is 3.33. The third-order valence-electron chi connectivity index (χ3n) is 3.18. The molecule has 0 unspecified atom stereocenters. The van der Waals surface area contributed by atoms with Crippen molar-refractivity contribution in [3.63, 3.8) is 0 Å². The summed E-state index contributed by atoms with van der Waals surface area (Å²) in [5.74, 6) is 2.12. The van der Waals surface area contributed by atoms with Crippen molar-refractivity contribution < 1.29 is 8.94 Å². The maximum atomic E-state index is 5.25. The summed E-state index contributed by atoms with van der Waals surface area (Å²) >= 11 is 1.54. The first-order valence-electron chi connectivity index (χ1n) is 6.98. The van der Waals surface area contributed by atoms with Crippen molar-refractivity contribution in [1.29, 1.82) is 0 Å². The number of para-hydroxylation sites is 1. The molecule has 0 aliphatic rings. The molecule has 0 amide bonds. The van der Waals surface area contributed by atoms with Crippen molar-refractivity contribution in [3.8, 4) is 17.3 Å². The smallest absolute Gasteiger partial charge is 0.238 e. The Labute approximate surface area is 136 Å². The topological polar surface area (TPSA) is 69.9 Å². The van der Waals surface area contributed by atoms with Crippen LogP contribution in [0, 0.1) is 0 Å². The molecule has 0 aliphatic carbocycles. The van der Waals surface area contributed by atoms with Gasteiger partial charge in [0.15, 0.2) is 10.9 Å². The fourth-order valence-electron chi connectivity index (χ4n) is 2.13. The second-order valence-electron chi connectivity index (χ2n) is 4.69. The molecule has 0 spiro atoms. The Hall–Kier alpha value is -2.80.